The molecule has 0 bridgehead atoms. The standard InChI is InChI=1S/C24H26FN7O2S/c1-13-8-14(10-15(25)9-13)18-12-29-23(27)21(22(18)32-6-4-16(26)5-7-32)24-30-19-3-2-17(35(28,33)34)11-20(19)31-24/h2-3,8-12,16H,4-7,26H2,1H3,(H2,27,29)(H,30,31)(H2,28,33,34). The van der Waals surface area contributed by atoms with Crippen molar-refractivity contribution in [1.82, 2.24) is 15.0 Å². The quantitative estimate of drug-likeness (QED) is 0.339. The average Bonchev–Trinajstić information content (AvgIpc) is 3.21. The molecule has 4 aromatic rings. The molecule has 35 heavy (non-hydrogen) atoms. The Kier molecular flexibility index (Phi) is 5.70. The van der Waals surface area contributed by atoms with Crippen molar-refractivity contribution in [2.24, 2.45) is 10.9 Å². The van der Waals surface area contributed by atoms with E-state index in [4.69, 9.17) is 16.6 Å². The van der Waals surface area contributed by atoms with Crippen molar-refractivity contribution in [1.29, 1.82) is 0 Å². The number of sulfonamides is 1. The number of primary sulfonamides is 1. The summed E-state index contributed by atoms with van der Waals surface area (Å²) in [5.74, 6) is 0.332. The Balaban J connectivity index is 1.75. The topological polar surface area (TPSA) is 157 Å². The second-order valence-electron chi connectivity index (χ2n) is 8.93. The number of fused-ring (bicyclic) bond motifs is 1. The van der Waals surface area contributed by atoms with Gasteiger partial charge < -0.3 is 21.4 Å². The molecule has 2 aromatic carbocycles. The molecular formula is C24H26FN7O2S. The summed E-state index contributed by atoms with van der Waals surface area (Å²) in [7, 11) is -3.89. The van der Waals surface area contributed by atoms with Gasteiger partial charge in [0.05, 0.1) is 27.2 Å². The van der Waals surface area contributed by atoms with E-state index in [1.807, 2.05) is 13.0 Å². The number of aryl methyl sites for hydroxylation is 1. The molecule has 1 fully saturated rings. The highest BCUT2D eigenvalue weighted by Crippen LogP contribution is 2.43. The number of anilines is 2. The van der Waals surface area contributed by atoms with Crippen LogP contribution in [0.3, 0.4) is 0 Å². The van der Waals surface area contributed by atoms with E-state index in [1.54, 1.807) is 12.3 Å². The van der Waals surface area contributed by atoms with Crippen LogP contribution in [0.1, 0.15) is 18.4 Å². The molecule has 1 aliphatic heterocycles. The summed E-state index contributed by atoms with van der Waals surface area (Å²) in [6.45, 7) is 3.21. The van der Waals surface area contributed by atoms with Crippen LogP contribution in [0, 0.1) is 12.7 Å². The molecular weight excluding hydrogens is 469 g/mol. The summed E-state index contributed by atoms with van der Waals surface area (Å²) in [6, 6.07) is 9.38. The van der Waals surface area contributed by atoms with Crippen molar-refractivity contribution in [3.63, 3.8) is 0 Å². The van der Waals surface area contributed by atoms with Crippen molar-refractivity contribution in [2.75, 3.05) is 23.7 Å². The third-order valence-electron chi connectivity index (χ3n) is 6.31. The van der Waals surface area contributed by atoms with Gasteiger partial charge in [-0.05, 0) is 61.2 Å². The molecule has 0 saturated carbocycles. The van der Waals surface area contributed by atoms with Crippen LogP contribution < -0.4 is 21.5 Å². The number of benzene rings is 2. The number of imidazole rings is 1. The number of nitrogens with two attached hydrogens (primary N) is 3. The first kappa shape index (κ1) is 23.2. The smallest absolute Gasteiger partial charge is 0.238 e. The lowest BCUT2D eigenvalue weighted by atomic mass is 9.97. The number of nitrogens with one attached hydrogen (secondary N) is 1. The first-order valence-corrected chi connectivity index (χ1v) is 12.7. The summed E-state index contributed by atoms with van der Waals surface area (Å²) < 4.78 is 38.0. The number of H-pyrrole nitrogens is 1. The highest BCUT2D eigenvalue weighted by atomic mass is 32.2. The van der Waals surface area contributed by atoms with Gasteiger partial charge in [0.2, 0.25) is 10.0 Å². The lowest BCUT2D eigenvalue weighted by Gasteiger charge is -2.34. The number of nitrogens with zero attached hydrogens (tertiary/aromatic N) is 3. The van der Waals surface area contributed by atoms with Crippen molar-refractivity contribution in [3.8, 4) is 22.5 Å². The first-order chi connectivity index (χ1) is 16.6. The molecule has 3 heterocycles. The number of pyridine rings is 1. The maximum absolute atomic E-state index is 14.4. The maximum Gasteiger partial charge on any atom is 0.238 e. The molecule has 11 heteroatoms. The van der Waals surface area contributed by atoms with Crippen LogP contribution in [-0.4, -0.2) is 42.5 Å². The van der Waals surface area contributed by atoms with Crippen LogP contribution in [0.25, 0.3) is 33.5 Å². The molecule has 182 valence electrons. The van der Waals surface area contributed by atoms with E-state index in [1.165, 1.54) is 24.3 Å². The second-order valence-corrected chi connectivity index (χ2v) is 10.5. The van der Waals surface area contributed by atoms with E-state index in [0.29, 0.717) is 41.1 Å². The summed E-state index contributed by atoms with van der Waals surface area (Å²) in [5, 5.41) is 5.29. The number of halogens is 1. The number of aromatic nitrogens is 3. The van der Waals surface area contributed by atoms with Crippen LogP contribution in [0.15, 0.2) is 47.5 Å². The van der Waals surface area contributed by atoms with Crippen LogP contribution in [0.2, 0.25) is 0 Å². The summed E-state index contributed by atoms with van der Waals surface area (Å²) >= 11 is 0. The monoisotopic (exact) mass is 495 g/mol. The van der Waals surface area contributed by atoms with Crippen molar-refractivity contribution in [2.45, 2.75) is 30.7 Å². The fourth-order valence-corrected chi connectivity index (χ4v) is 5.12. The van der Waals surface area contributed by atoms with Gasteiger partial charge in [0.15, 0.2) is 0 Å². The van der Waals surface area contributed by atoms with E-state index < -0.39 is 10.0 Å². The number of hydrogen-bond donors (Lipinski definition) is 4. The molecule has 0 aliphatic carbocycles. The van der Waals surface area contributed by atoms with Crippen molar-refractivity contribution in [3.05, 3.63) is 54.0 Å². The van der Waals surface area contributed by atoms with Crippen LogP contribution in [-0.2, 0) is 10.0 Å². The lowest BCUT2D eigenvalue weighted by Crippen LogP contribution is -2.40. The summed E-state index contributed by atoms with van der Waals surface area (Å²) in [6.07, 6.45) is 3.24. The van der Waals surface area contributed by atoms with E-state index in [9.17, 15) is 12.8 Å². The van der Waals surface area contributed by atoms with E-state index in [2.05, 4.69) is 19.9 Å². The van der Waals surface area contributed by atoms with Gasteiger partial charge in [0.1, 0.15) is 17.5 Å². The number of aromatic amines is 1. The second kappa shape index (κ2) is 8.59. The van der Waals surface area contributed by atoms with Gasteiger partial charge in [-0.2, -0.15) is 0 Å². The molecule has 0 unspecified atom stereocenters. The van der Waals surface area contributed by atoms with Crippen LogP contribution in [0.4, 0.5) is 15.9 Å². The van der Waals surface area contributed by atoms with Gasteiger partial charge in [-0.1, -0.05) is 6.07 Å². The van der Waals surface area contributed by atoms with Gasteiger partial charge in [0, 0.05) is 30.9 Å². The number of piperidine rings is 1. The van der Waals surface area contributed by atoms with E-state index >= 15 is 0 Å². The number of hydrogen-bond acceptors (Lipinski definition) is 7. The molecule has 0 radical (unpaired) electrons. The Hall–Kier alpha value is -3.54. The predicted octanol–water partition coefficient (Wildman–Crippen LogP) is 2.90. The molecule has 0 atom stereocenters. The first-order valence-electron chi connectivity index (χ1n) is 11.2. The minimum atomic E-state index is -3.89. The Morgan fingerprint density at radius 3 is 2.57 bits per heavy atom. The molecule has 7 N–H and O–H groups in total. The van der Waals surface area contributed by atoms with E-state index in [-0.39, 0.29) is 22.6 Å². The van der Waals surface area contributed by atoms with Gasteiger partial charge in [-0.25, -0.2) is 27.9 Å². The Morgan fingerprint density at radius 1 is 1.14 bits per heavy atom. The summed E-state index contributed by atoms with van der Waals surface area (Å²) in [5.41, 5.74) is 17.1. The Morgan fingerprint density at radius 2 is 1.89 bits per heavy atom. The lowest BCUT2D eigenvalue weighted by molar-refractivity contribution is 0.501. The maximum atomic E-state index is 14.4. The highest BCUT2D eigenvalue weighted by molar-refractivity contribution is 7.89. The van der Waals surface area contributed by atoms with Crippen molar-refractivity contribution >= 4 is 32.6 Å². The minimum absolute atomic E-state index is 0.0385. The molecule has 9 nitrogen and oxygen atoms in total. The number of nitrogen functional groups attached to an aromatic ring is 1. The van der Waals surface area contributed by atoms with E-state index in [0.717, 1.165) is 29.7 Å². The fraction of sp³-hybridized carbons (Fsp3) is 0.250. The molecule has 0 amide bonds. The number of rotatable bonds is 4. The highest BCUT2D eigenvalue weighted by Gasteiger charge is 2.27. The average molecular weight is 496 g/mol. The Labute approximate surface area is 202 Å². The minimum Gasteiger partial charge on any atom is -0.383 e. The van der Waals surface area contributed by atoms with Crippen LogP contribution >= 0.6 is 0 Å². The van der Waals surface area contributed by atoms with Gasteiger partial charge in [-0.3, -0.25) is 0 Å². The zero-order valence-electron chi connectivity index (χ0n) is 19.1. The predicted molar refractivity (Wildman–Crippen MR) is 135 cm³/mol. The zero-order chi connectivity index (χ0) is 24.9. The zero-order valence-corrected chi connectivity index (χ0v) is 19.9. The summed E-state index contributed by atoms with van der Waals surface area (Å²) in [4.78, 5) is 14.4. The third-order valence-corrected chi connectivity index (χ3v) is 7.22. The normalized spacial score (nSPS) is 15.1. The SMILES string of the molecule is Cc1cc(F)cc(-c2cnc(N)c(-c3nc4cc(S(N)(=O)=O)ccc4[nH]3)c2N2CCC(N)CC2)c1. The van der Waals surface area contributed by atoms with Crippen molar-refractivity contribution < 1.29 is 12.8 Å². The fourth-order valence-electron chi connectivity index (χ4n) is 4.58. The van der Waals surface area contributed by atoms with Crippen LogP contribution in [0.5, 0.6) is 0 Å². The molecule has 1 aliphatic rings. The molecule has 5 rings (SSSR count). The molecule has 2 aromatic heterocycles. The third kappa shape index (κ3) is 4.45. The van der Waals surface area contributed by atoms with Gasteiger partial charge in [-0.15, -0.1) is 0 Å². The molecule has 1 saturated heterocycles. The largest absolute Gasteiger partial charge is 0.383 e. The molecule has 0 spiro atoms. The van der Waals surface area contributed by atoms with Gasteiger partial charge >= 0.3 is 0 Å². The van der Waals surface area contributed by atoms with Gasteiger partial charge in [0.25, 0.3) is 0 Å². The Bertz CT molecular complexity index is 1520.